The van der Waals surface area contributed by atoms with Crippen molar-refractivity contribution in [1.29, 1.82) is 0 Å². The van der Waals surface area contributed by atoms with Crippen molar-refractivity contribution in [3.8, 4) is 0 Å². The lowest BCUT2D eigenvalue weighted by Crippen LogP contribution is -2.51. The van der Waals surface area contributed by atoms with Crippen LogP contribution in [0.2, 0.25) is 5.02 Å². The summed E-state index contributed by atoms with van der Waals surface area (Å²) in [6.07, 6.45) is 11.1. The maximum Gasteiger partial charge on any atom is 0.410 e. The first-order valence-corrected chi connectivity index (χ1v) is 14.4. The van der Waals surface area contributed by atoms with E-state index in [2.05, 4.69) is 16.8 Å². The Kier molecular flexibility index (Phi) is 6.97. The Balaban J connectivity index is 1.35. The molecule has 6 rings (SSSR count). The van der Waals surface area contributed by atoms with Gasteiger partial charge in [-0.05, 0) is 86.1 Å². The van der Waals surface area contributed by atoms with E-state index in [0.717, 1.165) is 53.6 Å². The van der Waals surface area contributed by atoms with Gasteiger partial charge in [0.25, 0.3) is 0 Å². The van der Waals surface area contributed by atoms with Crippen LogP contribution in [0, 0.1) is 0 Å². The molecule has 1 amide bonds. The number of fused-ring (bicyclic) bond motifs is 2. The standard InChI is InChI=1S/C31H36ClN5O3/c1-30(10-4-5-11-30)40-29(38)37-15-13-36(14-16-37)28-23-9-8-22(32)18-24(23)25(17-21-7-6-12-34-27(21)28)31(2,39)26-19-33-20-35(26)3/h6-9,12,17-20,28,39H,4-5,10-11,13-16H2,1-3H3/t28-,31-/m0/s1. The molecule has 3 aromatic rings. The van der Waals surface area contributed by atoms with E-state index in [9.17, 15) is 9.90 Å². The molecular weight excluding hydrogens is 526 g/mol. The van der Waals surface area contributed by atoms with Crippen molar-refractivity contribution in [3.63, 3.8) is 0 Å². The van der Waals surface area contributed by atoms with Crippen molar-refractivity contribution >= 4 is 29.3 Å². The first kappa shape index (κ1) is 27.0. The Labute approximate surface area is 240 Å². The van der Waals surface area contributed by atoms with Crippen LogP contribution in [0.1, 0.15) is 73.7 Å². The number of carbonyl (C=O) groups is 1. The quantitative estimate of drug-likeness (QED) is 0.459. The first-order valence-electron chi connectivity index (χ1n) is 14.0. The number of aryl methyl sites for hydroxylation is 1. The normalized spacial score (nSPS) is 22.1. The van der Waals surface area contributed by atoms with Crippen molar-refractivity contribution in [1.82, 2.24) is 24.3 Å². The maximum absolute atomic E-state index is 13.0. The minimum absolute atomic E-state index is 0.176. The van der Waals surface area contributed by atoms with E-state index in [-0.39, 0.29) is 17.7 Å². The molecule has 1 saturated heterocycles. The van der Waals surface area contributed by atoms with Crippen LogP contribution in [0.5, 0.6) is 0 Å². The number of amides is 1. The Bertz CT molecular complexity index is 1450. The van der Waals surface area contributed by atoms with Crippen molar-refractivity contribution in [2.24, 2.45) is 7.05 Å². The topological polar surface area (TPSA) is 83.7 Å². The minimum Gasteiger partial charge on any atom is -0.443 e. The number of rotatable bonds is 4. The molecule has 0 unspecified atom stereocenters. The van der Waals surface area contributed by atoms with Gasteiger partial charge in [-0.1, -0.05) is 23.7 Å². The molecule has 1 N–H and O–H groups in total. The fraction of sp³-hybridized carbons (Fsp3) is 0.452. The molecule has 2 atom stereocenters. The molecule has 1 aromatic carbocycles. The van der Waals surface area contributed by atoms with Gasteiger partial charge in [0, 0.05) is 44.4 Å². The number of piperazine rings is 1. The van der Waals surface area contributed by atoms with Crippen molar-refractivity contribution in [2.75, 3.05) is 26.2 Å². The van der Waals surface area contributed by atoms with Crippen molar-refractivity contribution in [3.05, 3.63) is 82.2 Å². The zero-order valence-corrected chi connectivity index (χ0v) is 24.1. The lowest BCUT2D eigenvalue weighted by Gasteiger charge is -2.40. The highest BCUT2D eigenvalue weighted by Gasteiger charge is 2.40. The van der Waals surface area contributed by atoms with Crippen LogP contribution < -0.4 is 0 Å². The van der Waals surface area contributed by atoms with E-state index in [1.165, 1.54) is 0 Å². The summed E-state index contributed by atoms with van der Waals surface area (Å²) in [6, 6.07) is 9.66. The molecule has 1 saturated carbocycles. The average Bonchev–Trinajstić information content (AvgIpc) is 3.54. The van der Waals surface area contributed by atoms with Crippen LogP contribution in [-0.2, 0) is 17.4 Å². The molecule has 40 heavy (non-hydrogen) atoms. The molecule has 210 valence electrons. The summed E-state index contributed by atoms with van der Waals surface area (Å²) in [4.78, 5) is 26.4. The predicted octanol–water partition coefficient (Wildman–Crippen LogP) is 5.41. The second kappa shape index (κ2) is 10.3. The van der Waals surface area contributed by atoms with Crippen molar-refractivity contribution in [2.45, 2.75) is 56.8 Å². The Hall–Kier alpha value is -3.20. The number of hydrogen-bond acceptors (Lipinski definition) is 6. The number of aromatic nitrogens is 3. The number of hydrogen-bond donors (Lipinski definition) is 1. The highest BCUT2D eigenvalue weighted by atomic mass is 35.5. The van der Waals surface area contributed by atoms with E-state index in [0.29, 0.717) is 36.9 Å². The average molecular weight is 562 g/mol. The van der Waals surface area contributed by atoms with Crippen LogP contribution in [0.3, 0.4) is 0 Å². The summed E-state index contributed by atoms with van der Waals surface area (Å²) in [5.41, 5.74) is 3.47. The maximum atomic E-state index is 13.0. The molecule has 9 heteroatoms. The van der Waals surface area contributed by atoms with Crippen LogP contribution >= 0.6 is 11.6 Å². The van der Waals surface area contributed by atoms with Crippen LogP contribution in [0.15, 0.2) is 49.1 Å². The number of benzene rings is 1. The Morgan fingerprint density at radius 1 is 1.18 bits per heavy atom. The number of pyridine rings is 1. The highest BCUT2D eigenvalue weighted by Crippen LogP contribution is 2.46. The molecule has 2 aromatic heterocycles. The van der Waals surface area contributed by atoms with E-state index in [1.54, 1.807) is 19.4 Å². The third-order valence-electron chi connectivity index (χ3n) is 8.80. The zero-order chi connectivity index (χ0) is 28.1. The number of nitrogens with zero attached hydrogens (tertiary/aromatic N) is 5. The minimum atomic E-state index is -1.34. The van der Waals surface area contributed by atoms with Gasteiger partial charge in [0.2, 0.25) is 0 Å². The lowest BCUT2D eigenvalue weighted by atomic mass is 9.84. The summed E-state index contributed by atoms with van der Waals surface area (Å²) in [6.45, 7) is 6.33. The summed E-state index contributed by atoms with van der Waals surface area (Å²) >= 11 is 6.57. The summed E-state index contributed by atoms with van der Waals surface area (Å²) in [7, 11) is 1.88. The van der Waals surface area contributed by atoms with Gasteiger partial charge in [-0.25, -0.2) is 9.78 Å². The van der Waals surface area contributed by atoms with E-state index in [1.807, 2.05) is 59.1 Å². The van der Waals surface area contributed by atoms with E-state index in [4.69, 9.17) is 21.3 Å². The summed E-state index contributed by atoms with van der Waals surface area (Å²) in [5, 5.41) is 12.6. The fourth-order valence-corrected chi connectivity index (χ4v) is 6.73. The van der Waals surface area contributed by atoms with E-state index >= 15 is 0 Å². The Morgan fingerprint density at radius 3 is 2.62 bits per heavy atom. The van der Waals surface area contributed by atoms with Crippen LogP contribution in [0.4, 0.5) is 4.79 Å². The summed E-state index contributed by atoms with van der Waals surface area (Å²) < 4.78 is 7.79. The Morgan fingerprint density at radius 2 is 1.93 bits per heavy atom. The second-order valence-corrected chi connectivity index (χ2v) is 12.1. The monoisotopic (exact) mass is 561 g/mol. The molecule has 0 bridgehead atoms. The molecule has 0 radical (unpaired) electrons. The summed E-state index contributed by atoms with van der Waals surface area (Å²) in [5.74, 6) is 0. The zero-order valence-electron chi connectivity index (χ0n) is 23.3. The molecule has 8 nitrogen and oxygen atoms in total. The molecule has 1 aliphatic heterocycles. The predicted molar refractivity (Wildman–Crippen MR) is 155 cm³/mol. The molecule has 3 heterocycles. The van der Waals surface area contributed by atoms with Gasteiger partial charge in [-0.3, -0.25) is 9.88 Å². The van der Waals surface area contributed by atoms with E-state index < -0.39 is 5.60 Å². The molecule has 3 aliphatic rings. The number of halogens is 1. The second-order valence-electron chi connectivity index (χ2n) is 11.7. The smallest absolute Gasteiger partial charge is 0.410 e. The third kappa shape index (κ3) is 4.82. The highest BCUT2D eigenvalue weighted by molar-refractivity contribution is 6.30. The SMILES string of the molecule is Cn1cncc1[C@@](C)(O)C1=Cc2cccnc2[C@@H](N2CCN(C(=O)OC3(C)CCCC3)CC2)c2ccc(Cl)cc21. The molecular formula is C31H36ClN5O3. The van der Waals surface area contributed by atoms with Gasteiger partial charge >= 0.3 is 6.09 Å². The largest absolute Gasteiger partial charge is 0.443 e. The van der Waals surface area contributed by atoms with Gasteiger partial charge in [-0.15, -0.1) is 0 Å². The lowest BCUT2D eigenvalue weighted by molar-refractivity contribution is -0.00388. The van der Waals surface area contributed by atoms with Crippen LogP contribution in [-0.4, -0.2) is 67.3 Å². The number of ether oxygens (including phenoxy) is 1. The van der Waals surface area contributed by atoms with Gasteiger partial charge in [0.05, 0.1) is 30.0 Å². The third-order valence-corrected chi connectivity index (χ3v) is 9.04. The van der Waals surface area contributed by atoms with Gasteiger partial charge in [-0.2, -0.15) is 0 Å². The van der Waals surface area contributed by atoms with Gasteiger partial charge in [0.1, 0.15) is 11.2 Å². The molecule has 2 aliphatic carbocycles. The number of aliphatic hydroxyl groups is 1. The molecule has 0 spiro atoms. The first-order chi connectivity index (χ1) is 19.2. The van der Waals surface area contributed by atoms with Crippen LogP contribution in [0.25, 0.3) is 11.6 Å². The van der Waals surface area contributed by atoms with Crippen molar-refractivity contribution < 1.29 is 14.6 Å². The van der Waals surface area contributed by atoms with Gasteiger partial charge < -0.3 is 19.3 Å². The fourth-order valence-electron chi connectivity index (χ4n) is 6.56. The van der Waals surface area contributed by atoms with Gasteiger partial charge in [0.15, 0.2) is 0 Å². The molecule has 2 fully saturated rings. The number of imidazole rings is 1. The number of carbonyl (C=O) groups excluding carboxylic acids is 1.